The van der Waals surface area contributed by atoms with E-state index < -0.39 is 11.4 Å². The number of carboxylic acids is 1. The van der Waals surface area contributed by atoms with Gasteiger partial charge in [-0.3, -0.25) is 9.59 Å². The van der Waals surface area contributed by atoms with E-state index in [9.17, 15) is 14.7 Å². The standard InChI is InChI=1S/C15H17Cl2NO3/c1-2-15(14(20)21)6-3-7-18(9-15)13(19)11-5-4-10(16)8-12(11)17/h4-5,8H,2-3,6-7,9H2,1H3,(H,20,21). The summed E-state index contributed by atoms with van der Waals surface area (Å²) in [5.74, 6) is -1.08. The molecule has 1 N–H and O–H groups in total. The van der Waals surface area contributed by atoms with Gasteiger partial charge >= 0.3 is 5.97 Å². The Morgan fingerprint density at radius 3 is 2.67 bits per heavy atom. The molecular weight excluding hydrogens is 313 g/mol. The number of amides is 1. The zero-order valence-electron chi connectivity index (χ0n) is 11.7. The van der Waals surface area contributed by atoms with Gasteiger partial charge in [0, 0.05) is 18.1 Å². The molecule has 114 valence electrons. The second-order valence-electron chi connectivity index (χ2n) is 5.39. The zero-order chi connectivity index (χ0) is 15.6. The number of hydrogen-bond acceptors (Lipinski definition) is 2. The van der Waals surface area contributed by atoms with Crippen LogP contribution < -0.4 is 0 Å². The molecule has 6 heteroatoms. The van der Waals surface area contributed by atoms with Crippen molar-refractivity contribution in [2.24, 2.45) is 5.41 Å². The van der Waals surface area contributed by atoms with Crippen molar-refractivity contribution < 1.29 is 14.7 Å². The molecule has 1 unspecified atom stereocenters. The quantitative estimate of drug-likeness (QED) is 0.919. The van der Waals surface area contributed by atoms with Crippen LogP contribution in [0.2, 0.25) is 10.0 Å². The van der Waals surface area contributed by atoms with E-state index >= 15 is 0 Å². The lowest BCUT2D eigenvalue weighted by atomic mass is 9.77. The summed E-state index contributed by atoms with van der Waals surface area (Å²) in [5.41, 5.74) is -0.495. The molecule has 1 aromatic rings. The maximum atomic E-state index is 12.6. The number of rotatable bonds is 3. The lowest BCUT2D eigenvalue weighted by Crippen LogP contribution is -2.49. The van der Waals surface area contributed by atoms with Crippen LogP contribution in [0.3, 0.4) is 0 Å². The van der Waals surface area contributed by atoms with Gasteiger partial charge in [0.1, 0.15) is 0 Å². The number of aliphatic carboxylic acids is 1. The van der Waals surface area contributed by atoms with Crippen molar-refractivity contribution in [3.63, 3.8) is 0 Å². The van der Waals surface area contributed by atoms with Crippen LogP contribution in [0.25, 0.3) is 0 Å². The summed E-state index contributed by atoms with van der Waals surface area (Å²) in [4.78, 5) is 25.7. The van der Waals surface area contributed by atoms with Gasteiger partial charge < -0.3 is 10.0 Å². The first kappa shape index (κ1) is 16.1. The van der Waals surface area contributed by atoms with Gasteiger partial charge in [-0.2, -0.15) is 0 Å². The Balaban J connectivity index is 2.25. The van der Waals surface area contributed by atoms with E-state index in [2.05, 4.69) is 0 Å². The summed E-state index contributed by atoms with van der Waals surface area (Å²) >= 11 is 11.9. The minimum absolute atomic E-state index is 0.219. The Kier molecular flexibility index (Phi) is 4.79. The minimum Gasteiger partial charge on any atom is -0.481 e. The smallest absolute Gasteiger partial charge is 0.311 e. The number of carbonyl (C=O) groups excluding carboxylic acids is 1. The molecule has 0 aliphatic carbocycles. The summed E-state index contributed by atoms with van der Waals surface area (Å²) < 4.78 is 0. The van der Waals surface area contributed by atoms with E-state index in [0.29, 0.717) is 36.4 Å². The second-order valence-corrected chi connectivity index (χ2v) is 6.24. The predicted octanol–water partition coefficient (Wildman–Crippen LogP) is 3.71. The van der Waals surface area contributed by atoms with Crippen LogP contribution in [0.15, 0.2) is 18.2 Å². The second kappa shape index (κ2) is 6.24. The number of carboxylic acid groups (broad SMARTS) is 1. The molecule has 1 aliphatic rings. The number of halogens is 2. The molecule has 4 nitrogen and oxygen atoms in total. The van der Waals surface area contributed by atoms with E-state index in [-0.39, 0.29) is 17.5 Å². The van der Waals surface area contributed by atoms with Gasteiger partial charge in [0.15, 0.2) is 0 Å². The van der Waals surface area contributed by atoms with Crippen molar-refractivity contribution in [1.29, 1.82) is 0 Å². The zero-order valence-corrected chi connectivity index (χ0v) is 13.2. The molecule has 21 heavy (non-hydrogen) atoms. The van der Waals surface area contributed by atoms with Crippen molar-refractivity contribution in [2.45, 2.75) is 26.2 Å². The van der Waals surface area contributed by atoms with Crippen molar-refractivity contribution in [1.82, 2.24) is 4.90 Å². The molecule has 1 atom stereocenters. The third-order valence-electron chi connectivity index (χ3n) is 4.16. The molecule has 1 aromatic carbocycles. The summed E-state index contributed by atoms with van der Waals surface area (Å²) in [6.07, 6.45) is 1.77. The first-order valence-electron chi connectivity index (χ1n) is 6.87. The van der Waals surface area contributed by atoms with Gasteiger partial charge in [-0.15, -0.1) is 0 Å². The fourth-order valence-electron chi connectivity index (χ4n) is 2.75. The van der Waals surface area contributed by atoms with Crippen molar-refractivity contribution in [3.05, 3.63) is 33.8 Å². The third kappa shape index (κ3) is 3.16. The molecule has 0 spiro atoms. The number of nitrogens with zero attached hydrogens (tertiary/aromatic N) is 1. The molecule has 1 heterocycles. The summed E-state index contributed by atoms with van der Waals surface area (Å²) in [7, 11) is 0. The highest BCUT2D eigenvalue weighted by molar-refractivity contribution is 6.36. The molecule has 0 radical (unpaired) electrons. The molecule has 1 aliphatic heterocycles. The van der Waals surface area contributed by atoms with Crippen LogP contribution in [-0.4, -0.2) is 35.0 Å². The molecule has 0 bridgehead atoms. The fraction of sp³-hybridized carbons (Fsp3) is 0.467. The van der Waals surface area contributed by atoms with Crippen LogP contribution in [0.4, 0.5) is 0 Å². The highest BCUT2D eigenvalue weighted by Crippen LogP contribution is 2.35. The van der Waals surface area contributed by atoms with Gasteiger partial charge in [-0.05, 0) is 37.5 Å². The van der Waals surface area contributed by atoms with E-state index in [4.69, 9.17) is 23.2 Å². The number of benzene rings is 1. The molecule has 0 aromatic heterocycles. The molecule has 1 fully saturated rings. The van der Waals surface area contributed by atoms with Gasteiger partial charge in [0.2, 0.25) is 0 Å². The summed E-state index contributed by atoms with van der Waals surface area (Å²) in [6.45, 7) is 2.61. The summed E-state index contributed by atoms with van der Waals surface area (Å²) in [5, 5.41) is 10.2. The average Bonchev–Trinajstić information content (AvgIpc) is 2.46. The largest absolute Gasteiger partial charge is 0.481 e. The van der Waals surface area contributed by atoms with E-state index in [0.717, 1.165) is 0 Å². The van der Waals surface area contributed by atoms with E-state index in [1.54, 1.807) is 17.0 Å². The Morgan fingerprint density at radius 2 is 2.10 bits per heavy atom. The highest BCUT2D eigenvalue weighted by atomic mass is 35.5. The van der Waals surface area contributed by atoms with Crippen LogP contribution in [0.1, 0.15) is 36.5 Å². The first-order chi connectivity index (χ1) is 9.89. The molecule has 1 saturated heterocycles. The van der Waals surface area contributed by atoms with Gasteiger partial charge in [0.25, 0.3) is 5.91 Å². The summed E-state index contributed by atoms with van der Waals surface area (Å²) in [6, 6.07) is 4.70. The van der Waals surface area contributed by atoms with Crippen LogP contribution in [-0.2, 0) is 4.79 Å². The Bertz CT molecular complexity index is 576. The first-order valence-corrected chi connectivity index (χ1v) is 7.63. The predicted molar refractivity (Wildman–Crippen MR) is 82.0 cm³/mol. The number of hydrogen-bond donors (Lipinski definition) is 1. The van der Waals surface area contributed by atoms with Crippen LogP contribution in [0, 0.1) is 5.41 Å². The molecule has 0 saturated carbocycles. The minimum atomic E-state index is -0.854. The van der Waals surface area contributed by atoms with Gasteiger partial charge in [0.05, 0.1) is 16.0 Å². The van der Waals surface area contributed by atoms with E-state index in [1.807, 2.05) is 6.92 Å². The maximum Gasteiger partial charge on any atom is 0.311 e. The Hall–Kier alpha value is -1.26. The maximum absolute atomic E-state index is 12.6. The van der Waals surface area contributed by atoms with Gasteiger partial charge in [-0.1, -0.05) is 30.1 Å². The SMILES string of the molecule is CCC1(C(=O)O)CCCN(C(=O)c2ccc(Cl)cc2Cl)C1. The van der Waals surface area contributed by atoms with Crippen LogP contribution in [0.5, 0.6) is 0 Å². The number of piperidine rings is 1. The average molecular weight is 330 g/mol. The number of carbonyl (C=O) groups is 2. The van der Waals surface area contributed by atoms with Crippen molar-refractivity contribution in [3.8, 4) is 0 Å². The normalized spacial score (nSPS) is 22.1. The highest BCUT2D eigenvalue weighted by Gasteiger charge is 2.42. The van der Waals surface area contributed by atoms with Crippen molar-refractivity contribution in [2.75, 3.05) is 13.1 Å². The third-order valence-corrected chi connectivity index (χ3v) is 4.70. The molecule has 1 amide bonds. The molecular formula is C15H17Cl2NO3. The lowest BCUT2D eigenvalue weighted by molar-refractivity contribution is -0.152. The topological polar surface area (TPSA) is 57.6 Å². The Morgan fingerprint density at radius 1 is 1.38 bits per heavy atom. The van der Waals surface area contributed by atoms with Crippen molar-refractivity contribution >= 4 is 35.1 Å². The van der Waals surface area contributed by atoms with E-state index in [1.165, 1.54) is 6.07 Å². The van der Waals surface area contributed by atoms with Gasteiger partial charge in [-0.25, -0.2) is 0 Å². The fourth-order valence-corrected chi connectivity index (χ4v) is 3.24. The molecule has 2 rings (SSSR count). The lowest BCUT2D eigenvalue weighted by Gasteiger charge is -2.39. The Labute approximate surface area is 133 Å². The monoisotopic (exact) mass is 329 g/mol. The number of likely N-dealkylation sites (tertiary alicyclic amines) is 1. The van der Waals surface area contributed by atoms with Crippen LogP contribution >= 0.6 is 23.2 Å².